The molecule has 0 saturated heterocycles. The first-order chi connectivity index (χ1) is 16.0. The van der Waals surface area contributed by atoms with Crippen molar-refractivity contribution >= 4 is 29.0 Å². The molecule has 0 fully saturated rings. The van der Waals surface area contributed by atoms with Gasteiger partial charge in [0.25, 0.3) is 5.91 Å². The van der Waals surface area contributed by atoms with Crippen LogP contribution in [-0.4, -0.2) is 23.8 Å². The average molecular weight is 457 g/mol. The number of nitrogens with zero attached hydrogens (tertiary/aromatic N) is 1. The average Bonchev–Trinajstić information content (AvgIpc) is 2.86. The van der Waals surface area contributed by atoms with Crippen molar-refractivity contribution in [2.75, 3.05) is 12.4 Å². The maximum atomic E-state index is 13.0. The van der Waals surface area contributed by atoms with Crippen LogP contribution in [0.5, 0.6) is 5.75 Å². The minimum atomic E-state index is -0.268. The van der Waals surface area contributed by atoms with Crippen LogP contribution in [0.15, 0.2) is 91.3 Å². The van der Waals surface area contributed by atoms with E-state index >= 15 is 0 Å². The predicted molar refractivity (Wildman–Crippen MR) is 130 cm³/mol. The zero-order valence-electron chi connectivity index (χ0n) is 17.9. The molecule has 0 radical (unpaired) electrons. The summed E-state index contributed by atoms with van der Waals surface area (Å²) in [7, 11) is 1.50. The molecule has 1 amide bonds. The number of Topliss-reactive ketones (excluding diaryl/α,β-unsaturated/α-hetero) is 1. The minimum Gasteiger partial charge on any atom is -0.496 e. The van der Waals surface area contributed by atoms with E-state index < -0.39 is 0 Å². The second-order valence-corrected chi connectivity index (χ2v) is 7.79. The molecule has 0 aliphatic rings. The topological polar surface area (TPSA) is 68.3 Å². The number of halogens is 1. The molecule has 164 valence electrons. The first-order valence-electron chi connectivity index (χ1n) is 10.3. The number of hydrogen-bond donors (Lipinski definition) is 1. The van der Waals surface area contributed by atoms with Gasteiger partial charge in [-0.15, -0.1) is 0 Å². The Kier molecular flexibility index (Phi) is 6.81. The van der Waals surface area contributed by atoms with E-state index in [9.17, 15) is 9.59 Å². The van der Waals surface area contributed by atoms with Crippen molar-refractivity contribution in [1.29, 1.82) is 0 Å². The Hall–Kier alpha value is -3.96. The van der Waals surface area contributed by atoms with Crippen LogP contribution in [0.25, 0.3) is 11.1 Å². The first kappa shape index (κ1) is 22.2. The molecule has 1 heterocycles. The number of anilines is 1. The number of carbonyl (C=O) groups excluding carboxylic acids is 2. The molecule has 0 bridgehead atoms. The monoisotopic (exact) mass is 456 g/mol. The quantitative estimate of drug-likeness (QED) is 0.342. The zero-order chi connectivity index (χ0) is 23.2. The van der Waals surface area contributed by atoms with Gasteiger partial charge in [-0.3, -0.25) is 14.6 Å². The highest BCUT2D eigenvalue weighted by Gasteiger charge is 2.16. The first-order valence-corrected chi connectivity index (χ1v) is 10.7. The number of carbonyl (C=O) groups is 2. The van der Waals surface area contributed by atoms with Gasteiger partial charge in [0.1, 0.15) is 5.75 Å². The lowest BCUT2D eigenvalue weighted by molar-refractivity contribution is 0.0987. The maximum Gasteiger partial charge on any atom is 0.255 e. The summed E-state index contributed by atoms with van der Waals surface area (Å²) in [5, 5.41) is 3.28. The van der Waals surface area contributed by atoms with Crippen LogP contribution < -0.4 is 10.1 Å². The highest BCUT2D eigenvalue weighted by molar-refractivity contribution is 6.31. The van der Waals surface area contributed by atoms with Gasteiger partial charge in [0.15, 0.2) is 5.78 Å². The molecule has 0 aliphatic carbocycles. The summed E-state index contributed by atoms with van der Waals surface area (Å²) in [5.41, 5.74) is 4.16. The SMILES string of the molecule is COc1ccc(NC(=O)c2ccc(-c3ccccc3)cc2)cc1C(=O)Cc1ccncc1Cl. The van der Waals surface area contributed by atoms with Gasteiger partial charge in [-0.1, -0.05) is 54.1 Å². The number of pyridine rings is 1. The molecule has 4 aromatic rings. The number of ketones is 1. The Morgan fingerprint density at radius 2 is 1.67 bits per heavy atom. The molecule has 5 nitrogen and oxygen atoms in total. The molecule has 3 aromatic carbocycles. The van der Waals surface area contributed by atoms with Crippen LogP contribution in [0, 0.1) is 0 Å². The third-order valence-electron chi connectivity index (χ3n) is 5.22. The van der Waals surface area contributed by atoms with E-state index in [0.29, 0.717) is 33.1 Å². The van der Waals surface area contributed by atoms with Gasteiger partial charge >= 0.3 is 0 Å². The summed E-state index contributed by atoms with van der Waals surface area (Å²) in [6, 6.07) is 24.0. The summed E-state index contributed by atoms with van der Waals surface area (Å²) in [4.78, 5) is 29.7. The van der Waals surface area contributed by atoms with E-state index in [1.165, 1.54) is 13.3 Å². The van der Waals surface area contributed by atoms with Crippen molar-refractivity contribution < 1.29 is 14.3 Å². The fourth-order valence-corrected chi connectivity index (χ4v) is 3.65. The number of nitrogens with one attached hydrogen (secondary N) is 1. The molecule has 1 N–H and O–H groups in total. The largest absolute Gasteiger partial charge is 0.496 e. The lowest BCUT2D eigenvalue weighted by Crippen LogP contribution is -2.13. The van der Waals surface area contributed by atoms with E-state index in [-0.39, 0.29) is 18.1 Å². The number of methoxy groups -OCH3 is 1. The van der Waals surface area contributed by atoms with Crippen LogP contribution in [0.4, 0.5) is 5.69 Å². The van der Waals surface area contributed by atoms with Crippen molar-refractivity contribution in [3.8, 4) is 16.9 Å². The Bertz CT molecular complexity index is 1290. The number of amides is 1. The Labute approximate surface area is 197 Å². The molecule has 33 heavy (non-hydrogen) atoms. The van der Waals surface area contributed by atoms with E-state index in [0.717, 1.165) is 11.1 Å². The molecule has 6 heteroatoms. The van der Waals surface area contributed by atoms with Gasteiger partial charge in [-0.05, 0) is 53.1 Å². The summed E-state index contributed by atoms with van der Waals surface area (Å²) < 4.78 is 5.36. The number of ether oxygens (including phenoxy) is 1. The molecule has 0 aliphatic heterocycles. The molecule has 4 rings (SSSR count). The zero-order valence-corrected chi connectivity index (χ0v) is 18.7. The summed E-state index contributed by atoms with van der Waals surface area (Å²) in [6.07, 6.45) is 3.18. The maximum absolute atomic E-state index is 13.0. The fraction of sp³-hybridized carbons (Fsp3) is 0.0741. The van der Waals surface area contributed by atoms with Crippen LogP contribution >= 0.6 is 11.6 Å². The van der Waals surface area contributed by atoms with Gasteiger partial charge in [0.05, 0.1) is 17.7 Å². The van der Waals surface area contributed by atoms with Gasteiger partial charge in [0.2, 0.25) is 0 Å². The highest BCUT2D eigenvalue weighted by atomic mass is 35.5. The number of rotatable bonds is 7. The van der Waals surface area contributed by atoms with Crippen molar-refractivity contribution in [3.63, 3.8) is 0 Å². The van der Waals surface area contributed by atoms with E-state index in [1.807, 2.05) is 42.5 Å². The minimum absolute atomic E-state index is 0.0933. The molecular formula is C27H21ClN2O3. The normalized spacial score (nSPS) is 10.5. The van der Waals surface area contributed by atoms with E-state index in [1.54, 1.807) is 42.6 Å². The van der Waals surface area contributed by atoms with E-state index in [2.05, 4.69) is 10.3 Å². The standard InChI is InChI=1S/C27H21ClN2O3/c1-33-26-12-11-22(16-23(26)25(31)15-21-13-14-29-17-24(21)28)30-27(32)20-9-7-19(8-10-20)18-5-3-2-4-6-18/h2-14,16-17H,15H2,1H3,(H,30,32). The number of hydrogen-bond acceptors (Lipinski definition) is 4. The third kappa shape index (κ3) is 5.27. The fourth-order valence-electron chi connectivity index (χ4n) is 3.47. The summed E-state index contributed by atoms with van der Waals surface area (Å²) in [6.45, 7) is 0. The highest BCUT2D eigenvalue weighted by Crippen LogP contribution is 2.26. The van der Waals surface area contributed by atoms with Crippen molar-refractivity contribution in [2.45, 2.75) is 6.42 Å². The smallest absolute Gasteiger partial charge is 0.255 e. The molecule has 0 unspecified atom stereocenters. The second-order valence-electron chi connectivity index (χ2n) is 7.38. The van der Waals surface area contributed by atoms with Crippen molar-refractivity contribution in [1.82, 2.24) is 4.98 Å². The van der Waals surface area contributed by atoms with Crippen LogP contribution in [0.1, 0.15) is 26.3 Å². The Balaban J connectivity index is 1.52. The molecular weight excluding hydrogens is 436 g/mol. The van der Waals surface area contributed by atoms with Crippen LogP contribution in [0.3, 0.4) is 0 Å². The lowest BCUT2D eigenvalue weighted by Gasteiger charge is -2.12. The van der Waals surface area contributed by atoms with Crippen molar-refractivity contribution in [2.24, 2.45) is 0 Å². The van der Waals surface area contributed by atoms with Gasteiger partial charge < -0.3 is 10.1 Å². The lowest BCUT2D eigenvalue weighted by atomic mass is 10.0. The molecule has 0 spiro atoms. The van der Waals surface area contributed by atoms with Gasteiger partial charge in [-0.2, -0.15) is 0 Å². The van der Waals surface area contributed by atoms with Crippen LogP contribution in [-0.2, 0) is 6.42 Å². The Morgan fingerprint density at radius 3 is 2.36 bits per heavy atom. The molecule has 0 saturated carbocycles. The summed E-state index contributed by atoms with van der Waals surface area (Å²) in [5.74, 6) is -0.0194. The summed E-state index contributed by atoms with van der Waals surface area (Å²) >= 11 is 6.14. The second kappa shape index (κ2) is 10.1. The Morgan fingerprint density at radius 1 is 0.939 bits per heavy atom. The van der Waals surface area contributed by atoms with Crippen LogP contribution in [0.2, 0.25) is 5.02 Å². The van der Waals surface area contributed by atoms with Gasteiger partial charge in [-0.25, -0.2) is 0 Å². The third-order valence-corrected chi connectivity index (χ3v) is 5.56. The molecule has 1 aromatic heterocycles. The number of benzene rings is 3. The predicted octanol–water partition coefficient (Wildman–Crippen LogP) is 6.09. The van der Waals surface area contributed by atoms with Gasteiger partial charge in [0, 0.05) is 30.1 Å². The molecule has 0 atom stereocenters. The van der Waals surface area contributed by atoms with E-state index in [4.69, 9.17) is 16.3 Å². The van der Waals surface area contributed by atoms with Crippen molar-refractivity contribution in [3.05, 3.63) is 113 Å². The number of aromatic nitrogens is 1.